The molecular weight excluding hydrogens is 314 g/mol. The Hall–Kier alpha value is -1.96. The molecule has 24 heavy (non-hydrogen) atoms. The van der Waals surface area contributed by atoms with Gasteiger partial charge in [-0.1, -0.05) is 44.7 Å². The quantitative estimate of drug-likeness (QED) is 0.693. The van der Waals surface area contributed by atoms with Crippen LogP contribution in [0.4, 0.5) is 11.4 Å². The Morgan fingerprint density at radius 3 is 2.58 bits per heavy atom. The monoisotopic (exact) mass is 337 g/mol. The summed E-state index contributed by atoms with van der Waals surface area (Å²) in [5.41, 5.74) is 4.16. The fourth-order valence-electron chi connectivity index (χ4n) is 3.30. The van der Waals surface area contributed by atoms with Crippen molar-refractivity contribution < 1.29 is 0 Å². The summed E-state index contributed by atoms with van der Waals surface area (Å²) in [5, 5.41) is 13.2. The zero-order valence-corrected chi connectivity index (χ0v) is 15.3. The maximum Gasteiger partial charge on any atom is 0.0995 e. The minimum Gasteiger partial charge on any atom is -0.353 e. The summed E-state index contributed by atoms with van der Waals surface area (Å²) in [7, 11) is 0. The zero-order valence-electron chi connectivity index (χ0n) is 14.5. The van der Waals surface area contributed by atoms with E-state index in [1.54, 1.807) is 11.8 Å². The van der Waals surface area contributed by atoms with Crippen molar-refractivity contribution >= 4 is 23.1 Å². The molecule has 1 unspecified atom stereocenters. The Morgan fingerprint density at radius 2 is 1.88 bits per heavy atom. The van der Waals surface area contributed by atoms with E-state index in [-0.39, 0.29) is 0 Å². The Balaban J connectivity index is 2.02. The van der Waals surface area contributed by atoms with Gasteiger partial charge in [0.05, 0.1) is 23.0 Å². The van der Waals surface area contributed by atoms with Crippen molar-refractivity contribution in [2.45, 2.75) is 36.5 Å². The van der Waals surface area contributed by atoms with E-state index >= 15 is 0 Å². The third-order valence-corrected chi connectivity index (χ3v) is 5.75. The lowest BCUT2D eigenvalue weighted by Crippen LogP contribution is -2.28. The van der Waals surface area contributed by atoms with Crippen LogP contribution >= 0.6 is 11.8 Å². The number of nitrogens with one attached hydrogen (secondary N) is 1. The van der Waals surface area contributed by atoms with Gasteiger partial charge in [-0.3, -0.25) is 0 Å². The first-order valence-electron chi connectivity index (χ1n) is 8.51. The van der Waals surface area contributed by atoms with E-state index in [0.717, 1.165) is 42.1 Å². The normalized spacial score (nSPS) is 13.6. The van der Waals surface area contributed by atoms with E-state index in [4.69, 9.17) is 0 Å². The predicted molar refractivity (Wildman–Crippen MR) is 101 cm³/mol. The highest BCUT2D eigenvalue weighted by atomic mass is 32.2. The molecular formula is C20H23N3S. The molecule has 3 nitrogen and oxygen atoms in total. The number of nitrogens with zero attached hydrogens (tertiary/aromatic N) is 2. The van der Waals surface area contributed by atoms with E-state index in [9.17, 15) is 5.26 Å². The largest absolute Gasteiger partial charge is 0.353 e. The molecule has 0 spiro atoms. The van der Waals surface area contributed by atoms with Crippen LogP contribution in [0.3, 0.4) is 0 Å². The average Bonchev–Trinajstić information content (AvgIpc) is 2.63. The minimum absolute atomic E-state index is 0.299. The zero-order chi connectivity index (χ0) is 17.1. The summed E-state index contributed by atoms with van der Waals surface area (Å²) >= 11 is 1.78. The molecule has 0 aromatic heterocycles. The third-order valence-electron chi connectivity index (χ3n) is 4.61. The standard InChI is InChI=1S/C20H23N3S/c1-4-23(5-2)13-14(3)19-15(12-21)10-11-18-20(19)22-16-8-6-7-9-17(16)24-18/h6-11,14,22H,4-5,13H2,1-3H3. The fourth-order valence-corrected chi connectivity index (χ4v) is 4.31. The topological polar surface area (TPSA) is 39.1 Å². The number of fused-ring (bicyclic) bond motifs is 2. The SMILES string of the molecule is CCN(CC)CC(C)c1c(C#N)ccc2c1Nc1ccccc1S2. The van der Waals surface area contributed by atoms with Gasteiger partial charge in [-0.05, 0) is 48.8 Å². The number of anilines is 2. The molecule has 0 bridgehead atoms. The molecule has 0 amide bonds. The maximum absolute atomic E-state index is 9.61. The van der Waals surface area contributed by atoms with Crippen LogP contribution in [0.15, 0.2) is 46.2 Å². The Bertz CT molecular complexity index is 775. The van der Waals surface area contributed by atoms with Crippen LogP contribution in [0.2, 0.25) is 0 Å². The number of para-hydroxylation sites is 1. The van der Waals surface area contributed by atoms with Crippen LogP contribution in [-0.4, -0.2) is 24.5 Å². The van der Waals surface area contributed by atoms with Crippen LogP contribution in [-0.2, 0) is 0 Å². The average molecular weight is 337 g/mol. The van der Waals surface area contributed by atoms with E-state index in [0.29, 0.717) is 5.92 Å². The Labute approximate surface area is 148 Å². The van der Waals surface area contributed by atoms with E-state index in [1.807, 2.05) is 12.1 Å². The molecule has 0 radical (unpaired) electrons. The van der Waals surface area contributed by atoms with Gasteiger partial charge < -0.3 is 10.2 Å². The molecule has 0 aliphatic carbocycles. The minimum atomic E-state index is 0.299. The van der Waals surface area contributed by atoms with Crippen molar-refractivity contribution in [1.82, 2.24) is 4.90 Å². The van der Waals surface area contributed by atoms with Crippen molar-refractivity contribution in [3.63, 3.8) is 0 Å². The third kappa shape index (κ3) is 3.15. The van der Waals surface area contributed by atoms with Gasteiger partial charge in [0.25, 0.3) is 0 Å². The first kappa shape index (κ1) is 16.9. The summed E-state index contributed by atoms with van der Waals surface area (Å²) in [6.45, 7) is 9.62. The molecule has 0 saturated carbocycles. The number of nitriles is 1. The second-order valence-electron chi connectivity index (χ2n) is 6.12. The molecule has 1 N–H and O–H groups in total. The molecule has 4 heteroatoms. The first-order valence-corrected chi connectivity index (χ1v) is 9.32. The maximum atomic E-state index is 9.61. The first-order chi connectivity index (χ1) is 11.7. The lowest BCUT2D eigenvalue weighted by molar-refractivity contribution is 0.288. The molecule has 3 rings (SSSR count). The van der Waals surface area contributed by atoms with E-state index < -0.39 is 0 Å². The summed E-state index contributed by atoms with van der Waals surface area (Å²) in [6.07, 6.45) is 0. The van der Waals surface area contributed by atoms with Crippen molar-refractivity contribution in [3.05, 3.63) is 47.5 Å². The number of benzene rings is 2. The predicted octanol–water partition coefficient (Wildman–Crippen LogP) is 5.21. The van der Waals surface area contributed by atoms with Gasteiger partial charge in [0.15, 0.2) is 0 Å². The van der Waals surface area contributed by atoms with Gasteiger partial charge in [-0.25, -0.2) is 0 Å². The number of hydrogen-bond donors (Lipinski definition) is 1. The molecule has 0 fully saturated rings. The molecule has 1 aliphatic heterocycles. The van der Waals surface area contributed by atoms with Gasteiger partial charge in [0, 0.05) is 16.3 Å². The second kappa shape index (κ2) is 7.29. The molecule has 124 valence electrons. The summed E-state index contributed by atoms with van der Waals surface area (Å²) in [6, 6.07) is 14.8. The van der Waals surface area contributed by atoms with Crippen LogP contribution in [0.1, 0.15) is 37.8 Å². The van der Waals surface area contributed by atoms with Gasteiger partial charge in [-0.2, -0.15) is 5.26 Å². The van der Waals surface area contributed by atoms with Crippen molar-refractivity contribution in [2.24, 2.45) is 0 Å². The van der Waals surface area contributed by atoms with E-state index in [2.05, 4.69) is 61.3 Å². The van der Waals surface area contributed by atoms with Crippen molar-refractivity contribution in [2.75, 3.05) is 25.0 Å². The van der Waals surface area contributed by atoms with Crippen LogP contribution in [0.25, 0.3) is 0 Å². The van der Waals surface area contributed by atoms with Crippen molar-refractivity contribution in [3.8, 4) is 6.07 Å². The summed E-state index contributed by atoms with van der Waals surface area (Å²) < 4.78 is 0. The molecule has 1 aliphatic rings. The Morgan fingerprint density at radius 1 is 1.12 bits per heavy atom. The summed E-state index contributed by atoms with van der Waals surface area (Å²) in [5.74, 6) is 0.299. The lowest BCUT2D eigenvalue weighted by atomic mass is 9.93. The Kier molecular flexibility index (Phi) is 5.13. The lowest BCUT2D eigenvalue weighted by Gasteiger charge is -2.29. The highest BCUT2D eigenvalue weighted by Crippen LogP contribution is 2.47. The molecule has 2 aromatic carbocycles. The van der Waals surface area contributed by atoms with Gasteiger partial charge >= 0.3 is 0 Å². The second-order valence-corrected chi connectivity index (χ2v) is 7.21. The number of likely N-dealkylation sites (N-methyl/N-ethyl adjacent to an activating group) is 1. The highest BCUT2D eigenvalue weighted by Gasteiger charge is 2.24. The molecule has 1 heterocycles. The van der Waals surface area contributed by atoms with Crippen LogP contribution < -0.4 is 5.32 Å². The molecule has 2 aromatic rings. The van der Waals surface area contributed by atoms with Crippen LogP contribution in [0, 0.1) is 11.3 Å². The van der Waals surface area contributed by atoms with Gasteiger partial charge in [0.1, 0.15) is 0 Å². The smallest absolute Gasteiger partial charge is 0.0995 e. The van der Waals surface area contributed by atoms with Crippen molar-refractivity contribution in [1.29, 1.82) is 5.26 Å². The molecule has 0 saturated heterocycles. The number of rotatable bonds is 5. The number of hydrogen-bond acceptors (Lipinski definition) is 4. The summed E-state index contributed by atoms with van der Waals surface area (Å²) in [4.78, 5) is 4.85. The van der Waals surface area contributed by atoms with Crippen LogP contribution in [0.5, 0.6) is 0 Å². The van der Waals surface area contributed by atoms with Gasteiger partial charge in [0.2, 0.25) is 0 Å². The van der Waals surface area contributed by atoms with E-state index in [1.165, 1.54) is 9.79 Å². The fraction of sp³-hybridized carbons (Fsp3) is 0.350. The highest BCUT2D eigenvalue weighted by molar-refractivity contribution is 7.99. The molecule has 1 atom stereocenters. The van der Waals surface area contributed by atoms with Gasteiger partial charge in [-0.15, -0.1) is 0 Å².